The molecule has 29 heavy (non-hydrogen) atoms. The van der Waals surface area contributed by atoms with Crippen molar-refractivity contribution in [2.24, 2.45) is 0 Å². The van der Waals surface area contributed by atoms with Gasteiger partial charge in [-0.1, -0.05) is 6.07 Å². The maximum Gasteiger partial charge on any atom is 0.317 e. The number of hydroxylamine groups is 2. The summed E-state index contributed by atoms with van der Waals surface area (Å²) in [5.41, 5.74) is 2.66. The first-order chi connectivity index (χ1) is 13.8. The van der Waals surface area contributed by atoms with Crippen LogP contribution in [-0.4, -0.2) is 72.6 Å². The summed E-state index contributed by atoms with van der Waals surface area (Å²) in [5.74, 6) is -0.682. The van der Waals surface area contributed by atoms with Crippen LogP contribution in [0.3, 0.4) is 0 Å². The lowest BCUT2D eigenvalue weighted by Gasteiger charge is -2.48. The van der Waals surface area contributed by atoms with E-state index in [4.69, 9.17) is 5.11 Å². The summed E-state index contributed by atoms with van der Waals surface area (Å²) in [6.07, 6.45) is 1.23. The molecule has 3 heterocycles. The van der Waals surface area contributed by atoms with Gasteiger partial charge in [0.2, 0.25) is 5.91 Å². The number of carboxylic acids is 1. The predicted octanol–water partition coefficient (Wildman–Crippen LogP) is 0.760. The number of aliphatic hydroxyl groups is 1. The summed E-state index contributed by atoms with van der Waals surface area (Å²) in [4.78, 5) is 26.3. The Morgan fingerprint density at radius 1 is 1.31 bits per heavy atom. The molecule has 158 valence electrons. The van der Waals surface area contributed by atoms with Crippen LogP contribution in [0.4, 0.5) is 11.4 Å². The minimum atomic E-state index is -1.15. The quantitative estimate of drug-likeness (QED) is 0.501. The Balaban J connectivity index is 1.53. The molecule has 4 rings (SSSR count). The Hall–Kier alpha value is -2.20. The Labute approximate surface area is 169 Å². The predicted molar refractivity (Wildman–Crippen MR) is 108 cm³/mol. The first kappa shape index (κ1) is 20.1. The van der Waals surface area contributed by atoms with Gasteiger partial charge in [-0.05, 0) is 43.5 Å². The number of aliphatic hydroxyl groups excluding tert-OH is 1. The number of carbonyl (C=O) groups is 2. The molecule has 0 spiro atoms. The van der Waals surface area contributed by atoms with Crippen molar-refractivity contribution in [2.75, 3.05) is 38.3 Å². The molecule has 1 aromatic rings. The summed E-state index contributed by atoms with van der Waals surface area (Å²) in [5, 5.41) is 35.5. The number of carboxylic acid groups (broad SMARTS) is 1. The number of amides is 1. The molecule has 1 amide bonds. The van der Waals surface area contributed by atoms with E-state index in [2.05, 4.69) is 11.4 Å². The molecular weight excluding hydrogens is 376 g/mol. The number of benzene rings is 1. The molecule has 3 unspecified atom stereocenters. The first-order valence-corrected chi connectivity index (χ1v) is 10.1. The molecule has 0 aliphatic carbocycles. The lowest BCUT2D eigenvalue weighted by atomic mass is 9.89. The third kappa shape index (κ3) is 3.71. The maximum atomic E-state index is 13.8. The van der Waals surface area contributed by atoms with Crippen molar-refractivity contribution >= 4 is 23.3 Å². The summed E-state index contributed by atoms with van der Waals surface area (Å²) in [6.45, 7) is 1.78. The van der Waals surface area contributed by atoms with E-state index >= 15 is 0 Å². The number of piperidine rings is 2. The van der Waals surface area contributed by atoms with Crippen molar-refractivity contribution in [2.45, 2.75) is 43.9 Å². The molecule has 3 aliphatic rings. The van der Waals surface area contributed by atoms with Crippen molar-refractivity contribution in [1.82, 2.24) is 14.9 Å². The highest BCUT2D eigenvalue weighted by atomic mass is 16.6. The van der Waals surface area contributed by atoms with Gasteiger partial charge in [-0.2, -0.15) is 0 Å². The molecule has 2 saturated heterocycles. The van der Waals surface area contributed by atoms with E-state index in [-0.39, 0.29) is 25.5 Å². The molecule has 3 N–H and O–H groups in total. The summed E-state index contributed by atoms with van der Waals surface area (Å²) >= 11 is 0. The third-order valence-electron chi connectivity index (χ3n) is 6.53. The Morgan fingerprint density at radius 3 is 2.69 bits per heavy atom. The summed E-state index contributed by atoms with van der Waals surface area (Å²) in [6, 6.07) is 5.31. The highest BCUT2D eigenvalue weighted by Crippen LogP contribution is 2.45. The molecule has 0 bridgehead atoms. The molecule has 3 aliphatic heterocycles. The van der Waals surface area contributed by atoms with E-state index < -0.39 is 22.9 Å². The molecule has 9 nitrogen and oxygen atoms in total. The van der Waals surface area contributed by atoms with E-state index in [1.54, 1.807) is 0 Å². The fourth-order valence-electron chi connectivity index (χ4n) is 4.99. The molecule has 9 heteroatoms. The largest absolute Gasteiger partial charge is 0.626 e. The number of anilines is 1. The number of quaternary nitrogens is 1. The smallest absolute Gasteiger partial charge is 0.317 e. The van der Waals surface area contributed by atoms with Crippen LogP contribution >= 0.6 is 0 Å². The second kappa shape index (κ2) is 7.56. The van der Waals surface area contributed by atoms with Gasteiger partial charge in [-0.15, -0.1) is 0 Å². The molecule has 0 aromatic heterocycles. The lowest BCUT2D eigenvalue weighted by molar-refractivity contribution is -0.138. The Bertz CT molecular complexity index is 810. The number of aliphatic carboxylic acids is 1. The van der Waals surface area contributed by atoms with Gasteiger partial charge in [0.25, 0.3) is 0 Å². The minimum absolute atomic E-state index is 0.0794. The Kier molecular flexibility index (Phi) is 5.24. The number of hydrogen-bond donors (Lipinski definition) is 3. The average Bonchev–Trinajstić information content (AvgIpc) is 2.92. The maximum absolute atomic E-state index is 13.8. The molecule has 0 saturated carbocycles. The number of carbonyl (C=O) groups excluding carboxylic acids is 1. The zero-order valence-corrected chi connectivity index (χ0v) is 16.6. The van der Waals surface area contributed by atoms with Crippen molar-refractivity contribution < 1.29 is 19.8 Å². The topological polar surface area (TPSA) is 116 Å². The number of rotatable bonds is 4. The van der Waals surface area contributed by atoms with Crippen LogP contribution in [0, 0.1) is 5.21 Å². The summed E-state index contributed by atoms with van der Waals surface area (Å²) < 4.78 is -0.662. The van der Waals surface area contributed by atoms with Gasteiger partial charge in [-0.3, -0.25) is 14.5 Å². The van der Waals surface area contributed by atoms with Gasteiger partial charge in [0, 0.05) is 26.0 Å². The van der Waals surface area contributed by atoms with Crippen molar-refractivity contribution in [3.05, 3.63) is 29.0 Å². The normalized spacial score (nSPS) is 30.9. The number of nitrogens with zero attached hydrogens (tertiary/aromatic N) is 3. The number of nitrogens with one attached hydrogen (secondary N) is 1. The first-order valence-electron chi connectivity index (χ1n) is 10.1. The van der Waals surface area contributed by atoms with Crippen LogP contribution in [0.1, 0.15) is 37.2 Å². The van der Waals surface area contributed by atoms with Gasteiger partial charge < -0.3 is 30.3 Å². The highest BCUT2D eigenvalue weighted by Gasteiger charge is 2.46. The zero-order valence-electron chi connectivity index (χ0n) is 16.6. The second-order valence-corrected chi connectivity index (χ2v) is 8.45. The fraction of sp³-hybridized carbons (Fsp3) is 0.600. The third-order valence-corrected chi connectivity index (χ3v) is 6.53. The van der Waals surface area contributed by atoms with Gasteiger partial charge in [0.15, 0.2) is 18.6 Å². The lowest BCUT2D eigenvalue weighted by Crippen LogP contribution is -2.64. The van der Waals surface area contributed by atoms with Gasteiger partial charge >= 0.3 is 5.97 Å². The van der Waals surface area contributed by atoms with Crippen LogP contribution in [0.2, 0.25) is 0 Å². The zero-order chi connectivity index (χ0) is 20.8. The van der Waals surface area contributed by atoms with Gasteiger partial charge in [-0.25, -0.2) is 0 Å². The highest BCUT2D eigenvalue weighted by molar-refractivity contribution is 5.79. The van der Waals surface area contributed by atoms with Gasteiger partial charge in [0.05, 0.1) is 6.54 Å². The van der Waals surface area contributed by atoms with Crippen LogP contribution in [0.15, 0.2) is 18.2 Å². The van der Waals surface area contributed by atoms with E-state index in [1.165, 1.54) is 0 Å². The number of fused-ring (bicyclic) bond motifs is 1. The average molecular weight is 404 g/mol. The van der Waals surface area contributed by atoms with Crippen molar-refractivity contribution in [1.29, 1.82) is 0 Å². The number of hydrogen-bond acceptors (Lipinski definition) is 6. The number of likely N-dealkylation sites (tertiary alicyclic amines) is 1. The molecule has 2 fully saturated rings. The van der Waals surface area contributed by atoms with Crippen molar-refractivity contribution in [3.63, 3.8) is 0 Å². The SMILES string of the molecule is CN1C[N+]([O-])(C2CCC(=O)NC2O)c2ccc(C3CCN(CC(=O)O)CC3)cc21. The van der Waals surface area contributed by atoms with E-state index in [0.29, 0.717) is 18.0 Å². The molecule has 1 aromatic carbocycles. The van der Waals surface area contributed by atoms with Crippen molar-refractivity contribution in [3.8, 4) is 0 Å². The molecule has 0 radical (unpaired) electrons. The second-order valence-electron chi connectivity index (χ2n) is 8.45. The van der Waals surface area contributed by atoms with Crippen LogP contribution in [-0.2, 0) is 9.59 Å². The molecular formula is C20H28N4O5. The standard InChI is InChI=1S/C20H28N4O5/c1-22-12-24(29,17-4-5-18(25)21-20(17)28)16-3-2-14(10-15(16)22)13-6-8-23(9-7-13)11-19(26)27/h2-3,10,13,17,20,28H,4-9,11-12H2,1H3,(H,21,25)(H,26,27). The van der Waals surface area contributed by atoms with E-state index in [1.807, 2.05) is 29.0 Å². The van der Waals surface area contributed by atoms with Gasteiger partial charge in [0.1, 0.15) is 11.7 Å². The summed E-state index contributed by atoms with van der Waals surface area (Å²) in [7, 11) is 1.88. The van der Waals surface area contributed by atoms with Crippen LogP contribution in [0.25, 0.3) is 0 Å². The molecule has 3 atom stereocenters. The fourth-order valence-corrected chi connectivity index (χ4v) is 4.99. The Morgan fingerprint density at radius 2 is 2.03 bits per heavy atom. The van der Waals surface area contributed by atoms with Crippen LogP contribution in [0.5, 0.6) is 0 Å². The van der Waals surface area contributed by atoms with E-state index in [0.717, 1.165) is 37.2 Å². The monoisotopic (exact) mass is 404 g/mol. The van der Waals surface area contributed by atoms with E-state index in [9.17, 15) is 19.9 Å². The minimum Gasteiger partial charge on any atom is -0.626 e. The van der Waals surface area contributed by atoms with Crippen LogP contribution < -0.4 is 14.9 Å².